The van der Waals surface area contributed by atoms with E-state index in [9.17, 15) is 5.11 Å². The fourth-order valence-corrected chi connectivity index (χ4v) is 5.09. The molecule has 1 spiro atoms. The zero-order chi connectivity index (χ0) is 15.0. The van der Waals surface area contributed by atoms with E-state index in [2.05, 4.69) is 18.7 Å². The summed E-state index contributed by atoms with van der Waals surface area (Å²) in [6.45, 7) is 3.12. The maximum absolute atomic E-state index is 10.5. The Labute approximate surface area is 135 Å². The van der Waals surface area contributed by atoms with Gasteiger partial charge in [-0.1, -0.05) is 45.4 Å². The lowest BCUT2D eigenvalue weighted by Gasteiger charge is -2.44. The number of aliphatic hydroxyl groups excluding tert-OH is 1. The first-order chi connectivity index (χ1) is 10.3. The molecular formula is C18H34O2S. The van der Waals surface area contributed by atoms with Crippen molar-refractivity contribution in [3.8, 4) is 0 Å². The van der Waals surface area contributed by atoms with Gasteiger partial charge in [0.2, 0.25) is 0 Å². The quantitative estimate of drug-likeness (QED) is 0.653. The summed E-state index contributed by atoms with van der Waals surface area (Å²) in [7, 11) is 0. The first-order valence-electron chi connectivity index (χ1n) is 9.15. The second-order valence-electron chi connectivity index (χ2n) is 7.02. The molecule has 0 amide bonds. The third-order valence-electron chi connectivity index (χ3n) is 5.33. The van der Waals surface area contributed by atoms with Crippen molar-refractivity contribution >= 4 is 11.8 Å². The summed E-state index contributed by atoms with van der Waals surface area (Å²) in [4.78, 5) is 0. The second kappa shape index (κ2) is 9.42. The lowest BCUT2D eigenvalue weighted by Crippen LogP contribution is -2.45. The van der Waals surface area contributed by atoms with E-state index < -0.39 is 0 Å². The predicted molar refractivity (Wildman–Crippen MR) is 92.0 cm³/mol. The molecule has 0 radical (unpaired) electrons. The van der Waals surface area contributed by atoms with Gasteiger partial charge in [0.05, 0.1) is 11.7 Å². The molecule has 2 heterocycles. The van der Waals surface area contributed by atoms with Crippen molar-refractivity contribution in [1.29, 1.82) is 0 Å². The van der Waals surface area contributed by atoms with Crippen LogP contribution in [-0.4, -0.2) is 34.9 Å². The number of thioether (sulfide) groups is 1. The molecule has 2 nitrogen and oxygen atoms in total. The Morgan fingerprint density at radius 3 is 2.62 bits per heavy atom. The Balaban J connectivity index is 1.65. The van der Waals surface area contributed by atoms with Crippen LogP contribution in [0.25, 0.3) is 0 Å². The van der Waals surface area contributed by atoms with Crippen molar-refractivity contribution in [2.24, 2.45) is 5.92 Å². The Bertz CT molecular complexity index is 271. The van der Waals surface area contributed by atoms with Crippen LogP contribution in [0.4, 0.5) is 0 Å². The number of hydrogen-bond donors (Lipinski definition) is 1. The van der Waals surface area contributed by atoms with Crippen molar-refractivity contribution in [3.63, 3.8) is 0 Å². The monoisotopic (exact) mass is 314 g/mol. The number of ether oxygens (including phenoxy) is 1. The largest absolute Gasteiger partial charge is 0.393 e. The molecule has 0 aromatic carbocycles. The van der Waals surface area contributed by atoms with E-state index in [0.717, 1.165) is 25.9 Å². The molecule has 2 saturated heterocycles. The standard InChI is InChI=1S/C18H34O2S/c1-2-3-4-5-6-7-8-17(19)16-9-12-20-18(15-16)10-13-21-14-11-18/h16-17,19H,2-15H2,1H3. The topological polar surface area (TPSA) is 29.5 Å². The van der Waals surface area contributed by atoms with Crippen LogP contribution in [0, 0.1) is 5.92 Å². The molecule has 0 aliphatic carbocycles. The number of rotatable bonds is 8. The van der Waals surface area contributed by atoms with Gasteiger partial charge in [-0.15, -0.1) is 0 Å². The highest BCUT2D eigenvalue weighted by atomic mass is 32.2. The average molecular weight is 315 g/mol. The summed E-state index contributed by atoms with van der Waals surface area (Å²) in [6, 6.07) is 0. The molecule has 124 valence electrons. The third kappa shape index (κ3) is 5.76. The zero-order valence-electron chi connectivity index (χ0n) is 13.8. The van der Waals surface area contributed by atoms with Crippen molar-refractivity contribution in [1.82, 2.24) is 0 Å². The van der Waals surface area contributed by atoms with Gasteiger partial charge < -0.3 is 9.84 Å². The molecule has 2 atom stereocenters. The highest BCUT2D eigenvalue weighted by Gasteiger charge is 2.40. The van der Waals surface area contributed by atoms with Gasteiger partial charge in [0, 0.05) is 6.61 Å². The van der Waals surface area contributed by atoms with Crippen molar-refractivity contribution in [2.45, 2.75) is 89.3 Å². The van der Waals surface area contributed by atoms with E-state index in [1.54, 1.807) is 0 Å². The van der Waals surface area contributed by atoms with Crippen LogP contribution in [-0.2, 0) is 4.74 Å². The van der Waals surface area contributed by atoms with E-state index in [4.69, 9.17) is 4.74 Å². The molecule has 2 unspecified atom stereocenters. The lowest BCUT2D eigenvalue weighted by atomic mass is 9.78. The molecule has 0 aromatic rings. The van der Waals surface area contributed by atoms with Gasteiger partial charge >= 0.3 is 0 Å². The van der Waals surface area contributed by atoms with Crippen molar-refractivity contribution in [2.75, 3.05) is 18.1 Å². The fourth-order valence-electron chi connectivity index (χ4n) is 3.86. The van der Waals surface area contributed by atoms with Crippen LogP contribution >= 0.6 is 11.8 Å². The maximum Gasteiger partial charge on any atom is 0.0701 e. The highest BCUT2D eigenvalue weighted by molar-refractivity contribution is 7.99. The predicted octanol–water partition coefficient (Wildman–Crippen LogP) is 4.79. The molecule has 2 aliphatic heterocycles. The van der Waals surface area contributed by atoms with Gasteiger partial charge in [0.15, 0.2) is 0 Å². The average Bonchev–Trinajstić information content (AvgIpc) is 2.51. The molecular weight excluding hydrogens is 280 g/mol. The molecule has 1 N–H and O–H groups in total. The minimum Gasteiger partial charge on any atom is -0.393 e. The van der Waals surface area contributed by atoms with Crippen LogP contribution in [0.5, 0.6) is 0 Å². The van der Waals surface area contributed by atoms with E-state index >= 15 is 0 Å². The molecule has 2 rings (SSSR count). The van der Waals surface area contributed by atoms with Gasteiger partial charge in [0.25, 0.3) is 0 Å². The molecule has 0 saturated carbocycles. The summed E-state index contributed by atoms with van der Waals surface area (Å²) in [6.07, 6.45) is 13.3. The minimum absolute atomic E-state index is 0.0912. The number of unbranched alkanes of at least 4 members (excludes halogenated alkanes) is 5. The SMILES string of the molecule is CCCCCCCCC(O)C1CCOC2(CCSCC2)C1. The van der Waals surface area contributed by atoms with Crippen LogP contribution in [0.3, 0.4) is 0 Å². The summed E-state index contributed by atoms with van der Waals surface area (Å²) in [5.74, 6) is 2.96. The first kappa shape index (κ1) is 17.6. The molecule has 0 aromatic heterocycles. The minimum atomic E-state index is -0.0912. The molecule has 0 bridgehead atoms. The van der Waals surface area contributed by atoms with Gasteiger partial charge in [-0.05, 0) is 49.5 Å². The van der Waals surface area contributed by atoms with Gasteiger partial charge in [0.1, 0.15) is 0 Å². The van der Waals surface area contributed by atoms with Gasteiger partial charge in [-0.25, -0.2) is 0 Å². The number of aliphatic hydroxyl groups is 1. The summed E-state index contributed by atoms with van der Waals surface area (Å²) >= 11 is 2.05. The molecule has 21 heavy (non-hydrogen) atoms. The Morgan fingerprint density at radius 2 is 1.86 bits per heavy atom. The molecule has 2 fully saturated rings. The highest BCUT2D eigenvalue weighted by Crippen LogP contribution is 2.41. The number of hydrogen-bond acceptors (Lipinski definition) is 3. The van der Waals surface area contributed by atoms with E-state index in [0.29, 0.717) is 5.92 Å². The Kier molecular flexibility index (Phi) is 7.90. The fraction of sp³-hybridized carbons (Fsp3) is 1.00. The van der Waals surface area contributed by atoms with E-state index in [1.807, 2.05) is 0 Å². The lowest BCUT2D eigenvalue weighted by molar-refractivity contribution is -0.121. The second-order valence-corrected chi connectivity index (χ2v) is 8.25. The van der Waals surface area contributed by atoms with Crippen LogP contribution in [0.2, 0.25) is 0 Å². The smallest absolute Gasteiger partial charge is 0.0701 e. The summed E-state index contributed by atoms with van der Waals surface area (Å²) in [5, 5.41) is 10.5. The van der Waals surface area contributed by atoms with Crippen molar-refractivity contribution < 1.29 is 9.84 Å². The maximum atomic E-state index is 10.5. The summed E-state index contributed by atoms with van der Waals surface area (Å²) in [5.41, 5.74) is 0.121. The van der Waals surface area contributed by atoms with Gasteiger partial charge in [-0.3, -0.25) is 0 Å². The van der Waals surface area contributed by atoms with E-state index in [-0.39, 0.29) is 11.7 Å². The molecule has 2 aliphatic rings. The van der Waals surface area contributed by atoms with Crippen LogP contribution in [0.15, 0.2) is 0 Å². The zero-order valence-corrected chi connectivity index (χ0v) is 14.6. The van der Waals surface area contributed by atoms with E-state index in [1.165, 1.54) is 62.9 Å². The first-order valence-corrected chi connectivity index (χ1v) is 10.3. The molecule has 3 heteroatoms. The third-order valence-corrected chi connectivity index (χ3v) is 6.32. The van der Waals surface area contributed by atoms with Gasteiger partial charge in [-0.2, -0.15) is 11.8 Å². The Morgan fingerprint density at radius 1 is 1.14 bits per heavy atom. The summed E-state index contributed by atoms with van der Waals surface area (Å²) < 4.78 is 6.13. The van der Waals surface area contributed by atoms with Crippen LogP contribution < -0.4 is 0 Å². The normalized spacial score (nSPS) is 26.9. The Hall–Kier alpha value is 0.270. The van der Waals surface area contributed by atoms with Crippen LogP contribution in [0.1, 0.15) is 77.6 Å². The van der Waals surface area contributed by atoms with Crippen molar-refractivity contribution in [3.05, 3.63) is 0 Å².